The predicted octanol–water partition coefficient (Wildman–Crippen LogP) is 2.96. The molecule has 2 aromatic rings. The molecule has 1 aliphatic heterocycles. The van der Waals surface area contributed by atoms with Crippen LogP contribution in [0.2, 0.25) is 0 Å². The van der Waals surface area contributed by atoms with Crippen LogP contribution in [0.3, 0.4) is 0 Å². The summed E-state index contributed by atoms with van der Waals surface area (Å²) in [5.74, 6) is -0.408. The van der Waals surface area contributed by atoms with Crippen LogP contribution < -0.4 is 0 Å². The van der Waals surface area contributed by atoms with Crippen LogP contribution >= 0.6 is 0 Å². The van der Waals surface area contributed by atoms with Gasteiger partial charge < -0.3 is 9.64 Å². The number of carbonyl (C=O) groups excluding carboxylic acids is 2. The quantitative estimate of drug-likeness (QED) is 0.773. The molecule has 0 bridgehead atoms. The van der Waals surface area contributed by atoms with Crippen molar-refractivity contribution in [1.29, 1.82) is 0 Å². The number of nitrogens with zero attached hydrogens (tertiary/aromatic N) is 2. The smallest absolute Gasteiger partial charge is 0.410 e. The number of Topliss-reactive ketones (excluding diaryl/α,β-unsaturated/α-hetero) is 1. The maximum Gasteiger partial charge on any atom is 0.410 e. The molecule has 1 aliphatic rings. The van der Waals surface area contributed by atoms with Crippen molar-refractivity contribution in [3.63, 3.8) is 0 Å². The number of halogens is 1. The molecule has 3 rings (SSSR count). The molecule has 26 heavy (non-hydrogen) atoms. The minimum Gasteiger partial charge on any atom is -0.445 e. The van der Waals surface area contributed by atoms with Gasteiger partial charge in [-0.3, -0.25) is 9.69 Å². The van der Waals surface area contributed by atoms with E-state index in [4.69, 9.17) is 4.74 Å². The highest BCUT2D eigenvalue weighted by molar-refractivity contribution is 5.97. The molecule has 1 amide bonds. The Morgan fingerprint density at radius 3 is 2.23 bits per heavy atom. The van der Waals surface area contributed by atoms with Crippen LogP contribution in [-0.2, 0) is 11.3 Å². The lowest BCUT2D eigenvalue weighted by molar-refractivity contribution is 0.0678. The number of ketones is 1. The normalized spacial score (nSPS) is 14.9. The molecule has 2 aromatic carbocycles. The second kappa shape index (κ2) is 8.58. The highest BCUT2D eigenvalue weighted by Crippen LogP contribution is 2.09. The molecule has 0 N–H and O–H groups in total. The Bertz CT molecular complexity index is 741. The molecule has 0 radical (unpaired) electrons. The summed E-state index contributed by atoms with van der Waals surface area (Å²) in [5.41, 5.74) is 1.44. The van der Waals surface area contributed by atoms with Crippen molar-refractivity contribution >= 4 is 11.9 Å². The molecule has 0 spiro atoms. The van der Waals surface area contributed by atoms with Gasteiger partial charge in [0.15, 0.2) is 5.78 Å². The topological polar surface area (TPSA) is 49.9 Å². The second-order valence-corrected chi connectivity index (χ2v) is 6.23. The van der Waals surface area contributed by atoms with Crippen molar-refractivity contribution in [2.75, 3.05) is 32.7 Å². The third-order valence-corrected chi connectivity index (χ3v) is 4.37. The molecule has 1 saturated heterocycles. The number of piperazine rings is 1. The SMILES string of the molecule is O=C(CN1CCN(C(=O)OCc2ccccc2)CC1)c1ccc(F)cc1. The molecule has 0 saturated carbocycles. The third kappa shape index (κ3) is 4.89. The summed E-state index contributed by atoms with van der Waals surface area (Å²) in [4.78, 5) is 28.0. The minimum atomic E-state index is -0.357. The fraction of sp³-hybridized carbons (Fsp3) is 0.300. The molecule has 136 valence electrons. The van der Waals surface area contributed by atoms with Gasteiger partial charge in [0.2, 0.25) is 0 Å². The minimum absolute atomic E-state index is 0.0508. The Hall–Kier alpha value is -2.73. The van der Waals surface area contributed by atoms with Crippen molar-refractivity contribution in [2.24, 2.45) is 0 Å². The van der Waals surface area contributed by atoms with E-state index < -0.39 is 0 Å². The molecule has 0 aromatic heterocycles. The van der Waals surface area contributed by atoms with Crippen LogP contribution in [0.15, 0.2) is 54.6 Å². The van der Waals surface area contributed by atoms with Gasteiger partial charge in [-0.2, -0.15) is 0 Å². The van der Waals surface area contributed by atoms with E-state index in [-0.39, 0.29) is 30.8 Å². The first-order chi connectivity index (χ1) is 12.6. The van der Waals surface area contributed by atoms with Gasteiger partial charge in [-0.05, 0) is 29.8 Å². The van der Waals surface area contributed by atoms with Crippen LogP contribution in [0.1, 0.15) is 15.9 Å². The van der Waals surface area contributed by atoms with Crippen LogP contribution in [0.25, 0.3) is 0 Å². The summed E-state index contributed by atoms with van der Waals surface area (Å²) >= 11 is 0. The fourth-order valence-electron chi connectivity index (χ4n) is 2.83. The van der Waals surface area contributed by atoms with E-state index in [9.17, 15) is 14.0 Å². The zero-order chi connectivity index (χ0) is 18.4. The number of amides is 1. The second-order valence-electron chi connectivity index (χ2n) is 6.23. The molecule has 1 fully saturated rings. The fourth-order valence-corrected chi connectivity index (χ4v) is 2.83. The van der Waals surface area contributed by atoms with E-state index in [0.29, 0.717) is 31.7 Å². The summed E-state index contributed by atoms with van der Waals surface area (Å²) in [6, 6.07) is 15.1. The first-order valence-electron chi connectivity index (χ1n) is 8.58. The first-order valence-corrected chi connectivity index (χ1v) is 8.58. The average molecular weight is 356 g/mol. The van der Waals surface area contributed by atoms with E-state index in [2.05, 4.69) is 0 Å². The summed E-state index contributed by atoms with van der Waals surface area (Å²) in [5, 5.41) is 0. The van der Waals surface area contributed by atoms with Crippen molar-refractivity contribution in [3.8, 4) is 0 Å². The predicted molar refractivity (Wildman–Crippen MR) is 95.4 cm³/mol. The zero-order valence-electron chi connectivity index (χ0n) is 14.4. The first kappa shape index (κ1) is 18.1. The molecule has 5 nitrogen and oxygen atoms in total. The summed E-state index contributed by atoms with van der Waals surface area (Å²) in [6.07, 6.45) is -0.335. The largest absolute Gasteiger partial charge is 0.445 e. The van der Waals surface area contributed by atoms with Gasteiger partial charge >= 0.3 is 6.09 Å². The highest BCUT2D eigenvalue weighted by atomic mass is 19.1. The number of ether oxygens (including phenoxy) is 1. The summed E-state index contributed by atoms with van der Waals surface area (Å²) in [7, 11) is 0. The van der Waals surface area contributed by atoms with Crippen LogP contribution in [0.5, 0.6) is 0 Å². The zero-order valence-corrected chi connectivity index (χ0v) is 14.4. The van der Waals surface area contributed by atoms with Crippen LogP contribution in [0, 0.1) is 5.82 Å². The van der Waals surface area contributed by atoms with E-state index in [1.54, 1.807) is 4.90 Å². The Balaban J connectivity index is 1.42. The number of hydrogen-bond donors (Lipinski definition) is 0. The Morgan fingerprint density at radius 2 is 1.58 bits per heavy atom. The number of hydrogen-bond acceptors (Lipinski definition) is 4. The molecular weight excluding hydrogens is 335 g/mol. The maximum absolute atomic E-state index is 12.9. The van der Waals surface area contributed by atoms with Gasteiger partial charge in [-0.15, -0.1) is 0 Å². The molecular formula is C20H21FN2O3. The van der Waals surface area contributed by atoms with Gasteiger partial charge in [0.05, 0.1) is 6.54 Å². The van der Waals surface area contributed by atoms with Crippen LogP contribution in [0.4, 0.5) is 9.18 Å². The Kier molecular flexibility index (Phi) is 5.96. The van der Waals surface area contributed by atoms with Gasteiger partial charge in [0, 0.05) is 31.7 Å². The van der Waals surface area contributed by atoms with Crippen molar-refractivity contribution in [2.45, 2.75) is 6.61 Å². The van der Waals surface area contributed by atoms with Crippen molar-refractivity contribution < 1.29 is 18.7 Å². The van der Waals surface area contributed by atoms with E-state index >= 15 is 0 Å². The molecule has 1 heterocycles. The monoisotopic (exact) mass is 356 g/mol. The molecule has 0 aliphatic carbocycles. The van der Waals surface area contributed by atoms with E-state index in [0.717, 1.165) is 5.56 Å². The van der Waals surface area contributed by atoms with Gasteiger partial charge in [-0.25, -0.2) is 9.18 Å². The van der Waals surface area contributed by atoms with Crippen molar-refractivity contribution in [3.05, 3.63) is 71.5 Å². The number of rotatable bonds is 5. The molecule has 6 heteroatoms. The van der Waals surface area contributed by atoms with Crippen molar-refractivity contribution in [1.82, 2.24) is 9.80 Å². The summed E-state index contributed by atoms with van der Waals surface area (Å²) < 4.78 is 18.3. The van der Waals surface area contributed by atoms with Gasteiger partial charge in [-0.1, -0.05) is 30.3 Å². The lowest BCUT2D eigenvalue weighted by atomic mass is 10.1. The van der Waals surface area contributed by atoms with Gasteiger partial charge in [0.1, 0.15) is 12.4 Å². The van der Waals surface area contributed by atoms with E-state index in [1.807, 2.05) is 35.2 Å². The standard InChI is InChI=1S/C20H21FN2O3/c21-18-8-6-17(7-9-18)19(24)14-22-10-12-23(13-11-22)20(25)26-15-16-4-2-1-3-5-16/h1-9H,10-15H2. The third-order valence-electron chi connectivity index (χ3n) is 4.37. The summed E-state index contributed by atoms with van der Waals surface area (Å²) in [6.45, 7) is 2.76. The Morgan fingerprint density at radius 1 is 0.923 bits per heavy atom. The van der Waals surface area contributed by atoms with E-state index in [1.165, 1.54) is 24.3 Å². The highest BCUT2D eigenvalue weighted by Gasteiger charge is 2.23. The maximum atomic E-state index is 12.9. The van der Waals surface area contributed by atoms with Gasteiger partial charge in [0.25, 0.3) is 0 Å². The molecule has 0 atom stereocenters. The number of benzene rings is 2. The Labute approximate surface area is 152 Å². The lowest BCUT2D eigenvalue weighted by Gasteiger charge is -2.33. The molecule has 0 unspecified atom stereocenters. The lowest BCUT2D eigenvalue weighted by Crippen LogP contribution is -2.50. The number of carbonyl (C=O) groups is 2. The average Bonchev–Trinajstić information content (AvgIpc) is 2.68. The van der Waals surface area contributed by atoms with Crippen LogP contribution in [-0.4, -0.2) is 54.4 Å².